The fourth-order valence-electron chi connectivity index (χ4n) is 2.74. The van der Waals surface area contributed by atoms with E-state index in [4.69, 9.17) is 11.6 Å². The molecule has 0 radical (unpaired) electrons. The first-order valence-electron chi connectivity index (χ1n) is 8.69. The molecule has 0 bridgehead atoms. The predicted molar refractivity (Wildman–Crippen MR) is 110 cm³/mol. The third kappa shape index (κ3) is 3.95. The number of benzene rings is 2. The third-order valence-electron chi connectivity index (χ3n) is 4.43. The molecule has 0 saturated heterocycles. The fourth-order valence-corrected chi connectivity index (χ4v) is 3.75. The van der Waals surface area contributed by atoms with Gasteiger partial charge in [-0.15, -0.1) is 0 Å². The van der Waals surface area contributed by atoms with Crippen molar-refractivity contribution in [2.24, 2.45) is 0 Å². The normalized spacial score (nSPS) is 11.4. The fraction of sp³-hybridized carbons (Fsp3) is 0.200. The van der Waals surface area contributed by atoms with Gasteiger partial charge in [-0.1, -0.05) is 18.5 Å². The summed E-state index contributed by atoms with van der Waals surface area (Å²) < 4.78 is 25.4. The summed E-state index contributed by atoms with van der Waals surface area (Å²) in [6, 6.07) is 13.1. The molecule has 28 heavy (non-hydrogen) atoms. The van der Waals surface area contributed by atoms with E-state index in [1.165, 1.54) is 12.1 Å². The number of carbonyl (C=O) groups is 1. The molecule has 3 rings (SSSR count). The van der Waals surface area contributed by atoms with E-state index in [0.29, 0.717) is 16.3 Å². The summed E-state index contributed by atoms with van der Waals surface area (Å²) in [6.45, 7) is 5.31. The van der Waals surface area contributed by atoms with Crippen LogP contribution < -0.4 is 5.32 Å². The molecule has 1 N–H and O–H groups in total. The summed E-state index contributed by atoms with van der Waals surface area (Å²) in [6.07, 6.45) is 0. The number of rotatable bonds is 5. The average Bonchev–Trinajstić information content (AvgIpc) is 2.96. The van der Waals surface area contributed by atoms with E-state index in [1.54, 1.807) is 48.0 Å². The first kappa shape index (κ1) is 20.1. The molecular formula is C20H20ClN3O3S. The van der Waals surface area contributed by atoms with Crippen molar-refractivity contribution in [3.63, 3.8) is 0 Å². The van der Waals surface area contributed by atoms with Crippen LogP contribution in [0.25, 0.3) is 5.69 Å². The highest BCUT2D eigenvalue weighted by Gasteiger charge is 2.13. The van der Waals surface area contributed by atoms with E-state index < -0.39 is 9.84 Å². The summed E-state index contributed by atoms with van der Waals surface area (Å²) in [5.74, 6) is -0.255. The Labute approximate surface area is 169 Å². The number of hydrogen-bond donors (Lipinski definition) is 1. The number of carbonyl (C=O) groups excluding carboxylic acids is 1. The van der Waals surface area contributed by atoms with Crippen LogP contribution in [-0.2, 0) is 9.84 Å². The van der Waals surface area contributed by atoms with Gasteiger partial charge in [-0.2, -0.15) is 5.10 Å². The van der Waals surface area contributed by atoms with Crippen LogP contribution in [0.1, 0.15) is 28.7 Å². The number of anilines is 1. The van der Waals surface area contributed by atoms with Crippen molar-refractivity contribution in [2.75, 3.05) is 11.1 Å². The predicted octanol–water partition coefficient (Wildman–Crippen LogP) is 4.19. The maximum absolute atomic E-state index is 12.5. The number of sulfone groups is 1. The number of amides is 1. The number of halogens is 1. The Balaban J connectivity index is 1.75. The number of nitrogens with zero attached hydrogens (tertiary/aromatic N) is 2. The lowest BCUT2D eigenvalue weighted by atomic mass is 10.2. The summed E-state index contributed by atoms with van der Waals surface area (Å²) >= 11 is 6.18. The van der Waals surface area contributed by atoms with Crippen LogP contribution in [0.5, 0.6) is 0 Å². The van der Waals surface area contributed by atoms with Gasteiger partial charge < -0.3 is 5.32 Å². The minimum Gasteiger partial charge on any atom is -0.322 e. The second-order valence-electron chi connectivity index (χ2n) is 6.33. The van der Waals surface area contributed by atoms with Crippen molar-refractivity contribution in [2.45, 2.75) is 25.7 Å². The van der Waals surface area contributed by atoms with Gasteiger partial charge in [-0.3, -0.25) is 4.79 Å². The minimum absolute atomic E-state index is 0.0333. The molecule has 1 amide bonds. The maximum Gasteiger partial charge on any atom is 0.255 e. The number of aryl methyl sites for hydroxylation is 1. The quantitative estimate of drug-likeness (QED) is 0.674. The summed E-state index contributed by atoms with van der Waals surface area (Å²) in [4.78, 5) is 12.7. The largest absolute Gasteiger partial charge is 0.322 e. The molecule has 3 aromatic rings. The van der Waals surface area contributed by atoms with E-state index in [2.05, 4.69) is 10.4 Å². The molecule has 1 aromatic heterocycles. The summed E-state index contributed by atoms with van der Waals surface area (Å²) in [7, 11) is -3.26. The topological polar surface area (TPSA) is 81.1 Å². The summed E-state index contributed by atoms with van der Waals surface area (Å²) in [5.41, 5.74) is 3.38. The van der Waals surface area contributed by atoms with Crippen molar-refractivity contribution in [1.29, 1.82) is 0 Å². The van der Waals surface area contributed by atoms with Crippen LogP contribution in [-0.4, -0.2) is 29.9 Å². The van der Waals surface area contributed by atoms with E-state index >= 15 is 0 Å². The molecule has 6 nitrogen and oxygen atoms in total. The minimum atomic E-state index is -3.26. The molecular weight excluding hydrogens is 398 g/mol. The van der Waals surface area contributed by atoms with Crippen LogP contribution in [0, 0.1) is 13.8 Å². The Kier molecular flexibility index (Phi) is 5.58. The average molecular weight is 418 g/mol. The third-order valence-corrected chi connectivity index (χ3v) is 6.73. The Morgan fingerprint density at radius 3 is 2.18 bits per heavy atom. The van der Waals surface area contributed by atoms with Gasteiger partial charge in [0, 0.05) is 11.3 Å². The molecule has 0 unspecified atom stereocenters. The molecule has 0 aliphatic carbocycles. The highest BCUT2D eigenvalue weighted by Crippen LogP contribution is 2.23. The monoisotopic (exact) mass is 417 g/mol. The highest BCUT2D eigenvalue weighted by atomic mass is 35.5. The molecule has 0 saturated carbocycles. The van der Waals surface area contributed by atoms with Gasteiger partial charge in [-0.25, -0.2) is 13.1 Å². The lowest BCUT2D eigenvalue weighted by Crippen LogP contribution is -2.12. The Morgan fingerprint density at radius 2 is 1.68 bits per heavy atom. The van der Waals surface area contributed by atoms with Gasteiger partial charge in [0.2, 0.25) is 0 Å². The second kappa shape index (κ2) is 7.77. The zero-order chi connectivity index (χ0) is 20.5. The van der Waals surface area contributed by atoms with Crippen LogP contribution >= 0.6 is 11.6 Å². The molecule has 0 aliphatic heterocycles. The first-order valence-corrected chi connectivity index (χ1v) is 10.7. The molecule has 8 heteroatoms. The van der Waals surface area contributed by atoms with Gasteiger partial charge in [0.25, 0.3) is 5.91 Å². The van der Waals surface area contributed by atoms with Crippen LogP contribution in [0.4, 0.5) is 5.69 Å². The number of aromatic nitrogens is 2. The zero-order valence-electron chi connectivity index (χ0n) is 15.7. The smallest absolute Gasteiger partial charge is 0.255 e. The highest BCUT2D eigenvalue weighted by molar-refractivity contribution is 7.91. The van der Waals surface area contributed by atoms with E-state index in [0.717, 1.165) is 17.1 Å². The lowest BCUT2D eigenvalue weighted by molar-refractivity contribution is 0.102. The molecule has 0 atom stereocenters. The van der Waals surface area contributed by atoms with E-state index in [1.807, 2.05) is 13.8 Å². The van der Waals surface area contributed by atoms with Crippen LogP contribution in [0.3, 0.4) is 0 Å². The molecule has 2 aromatic carbocycles. The zero-order valence-corrected chi connectivity index (χ0v) is 17.3. The van der Waals surface area contributed by atoms with Gasteiger partial charge >= 0.3 is 0 Å². The van der Waals surface area contributed by atoms with Crippen LogP contribution in [0.2, 0.25) is 5.02 Å². The maximum atomic E-state index is 12.5. The van der Waals surface area contributed by atoms with Crippen molar-refractivity contribution >= 4 is 33.0 Å². The van der Waals surface area contributed by atoms with Gasteiger partial charge in [0.15, 0.2) is 9.84 Å². The standard InChI is InChI=1S/C20H20ClN3O3S/c1-4-28(26,27)18-11-7-16(8-12-18)22-20(25)15-5-9-17(10-6-15)24-14(3)19(21)13(2)23-24/h5-12H,4H2,1-3H3,(H,22,25). The van der Waals surface area contributed by atoms with Crippen molar-refractivity contribution in [3.8, 4) is 5.69 Å². The van der Waals surface area contributed by atoms with E-state index in [-0.39, 0.29) is 16.6 Å². The van der Waals surface area contributed by atoms with Gasteiger partial charge in [0.1, 0.15) is 0 Å². The molecule has 0 spiro atoms. The Morgan fingerprint density at radius 1 is 1.07 bits per heavy atom. The Hall–Kier alpha value is -2.64. The van der Waals surface area contributed by atoms with Crippen LogP contribution in [0.15, 0.2) is 53.4 Å². The van der Waals surface area contributed by atoms with Crippen molar-refractivity contribution in [3.05, 3.63) is 70.5 Å². The molecule has 0 fully saturated rings. The Bertz CT molecular complexity index is 1120. The molecule has 0 aliphatic rings. The first-order chi connectivity index (χ1) is 13.2. The van der Waals surface area contributed by atoms with E-state index in [9.17, 15) is 13.2 Å². The van der Waals surface area contributed by atoms with Gasteiger partial charge in [0.05, 0.1) is 32.7 Å². The lowest BCUT2D eigenvalue weighted by Gasteiger charge is -2.08. The summed E-state index contributed by atoms with van der Waals surface area (Å²) in [5, 5.41) is 7.77. The van der Waals surface area contributed by atoms with Gasteiger partial charge in [-0.05, 0) is 62.4 Å². The SMILES string of the molecule is CCS(=O)(=O)c1ccc(NC(=O)c2ccc(-n3nc(C)c(Cl)c3C)cc2)cc1. The number of nitrogens with one attached hydrogen (secondary N) is 1. The molecule has 1 heterocycles. The molecule has 146 valence electrons. The number of hydrogen-bond acceptors (Lipinski definition) is 4. The van der Waals surface area contributed by atoms with Crippen molar-refractivity contribution in [1.82, 2.24) is 9.78 Å². The van der Waals surface area contributed by atoms with Crippen molar-refractivity contribution < 1.29 is 13.2 Å². The second-order valence-corrected chi connectivity index (χ2v) is 8.98.